The topological polar surface area (TPSA) is 54.0 Å². The normalized spacial score (nSPS) is 16.9. The fourth-order valence-corrected chi connectivity index (χ4v) is 2.58. The van der Waals surface area contributed by atoms with Crippen molar-refractivity contribution in [3.63, 3.8) is 0 Å². The molecule has 21 heavy (non-hydrogen) atoms. The summed E-state index contributed by atoms with van der Waals surface area (Å²) >= 11 is 6.12. The second-order valence-corrected chi connectivity index (χ2v) is 5.06. The maximum Gasteiger partial charge on any atom is 0.253 e. The van der Waals surface area contributed by atoms with Crippen molar-refractivity contribution >= 4 is 53.2 Å². The average molecular weight is 349 g/mol. The summed E-state index contributed by atoms with van der Waals surface area (Å²) in [5, 5.41) is 7.67. The number of hydrogen-bond donors (Lipinski definition) is 2. The molecule has 114 valence electrons. The van der Waals surface area contributed by atoms with Gasteiger partial charge in [0.15, 0.2) is 0 Å². The van der Waals surface area contributed by atoms with Crippen LogP contribution in [0.2, 0.25) is 5.02 Å². The Kier molecular flexibility index (Phi) is 6.68. The number of fused-ring (bicyclic) bond motifs is 1. The van der Waals surface area contributed by atoms with Crippen LogP contribution in [0.25, 0.3) is 10.9 Å². The van der Waals surface area contributed by atoms with E-state index < -0.39 is 0 Å². The van der Waals surface area contributed by atoms with Gasteiger partial charge in [0.25, 0.3) is 5.91 Å². The highest BCUT2D eigenvalue weighted by Gasteiger charge is 2.19. The highest BCUT2D eigenvalue weighted by molar-refractivity contribution is 6.36. The van der Waals surface area contributed by atoms with Crippen LogP contribution in [0.3, 0.4) is 0 Å². The number of aromatic nitrogens is 1. The van der Waals surface area contributed by atoms with Gasteiger partial charge >= 0.3 is 0 Å². The zero-order valence-corrected chi connectivity index (χ0v) is 13.5. The smallest absolute Gasteiger partial charge is 0.253 e. The van der Waals surface area contributed by atoms with Crippen LogP contribution in [0.15, 0.2) is 30.5 Å². The number of nitrogens with zero attached hydrogens (tertiary/aromatic N) is 1. The average Bonchev–Trinajstić information content (AvgIpc) is 2.92. The number of nitrogens with one attached hydrogen (secondary N) is 2. The van der Waals surface area contributed by atoms with Crippen LogP contribution in [0.5, 0.6) is 0 Å². The van der Waals surface area contributed by atoms with Gasteiger partial charge in [-0.05, 0) is 37.2 Å². The molecule has 0 bridgehead atoms. The van der Waals surface area contributed by atoms with E-state index in [1.165, 1.54) is 0 Å². The number of carbonyl (C=O) groups excluding carboxylic acids is 1. The third-order valence-corrected chi connectivity index (χ3v) is 3.69. The van der Waals surface area contributed by atoms with E-state index in [2.05, 4.69) is 15.6 Å². The maximum absolute atomic E-state index is 12.3. The number of pyridine rings is 1. The first-order valence-corrected chi connectivity index (χ1v) is 6.68. The van der Waals surface area contributed by atoms with Crippen LogP contribution in [-0.2, 0) is 0 Å². The van der Waals surface area contributed by atoms with E-state index in [-0.39, 0.29) is 36.8 Å². The van der Waals surface area contributed by atoms with Gasteiger partial charge in [-0.3, -0.25) is 9.78 Å². The molecule has 1 aromatic heterocycles. The minimum Gasteiger partial charge on any atom is -0.348 e. The van der Waals surface area contributed by atoms with Crippen molar-refractivity contribution in [2.24, 2.45) is 0 Å². The first kappa shape index (κ1) is 18.0. The Morgan fingerprint density at radius 3 is 2.86 bits per heavy atom. The minimum absolute atomic E-state index is 0. The van der Waals surface area contributed by atoms with Crippen LogP contribution in [-0.4, -0.2) is 30.0 Å². The molecule has 1 unspecified atom stereocenters. The summed E-state index contributed by atoms with van der Waals surface area (Å²) in [6.07, 6.45) is 2.64. The zero-order valence-electron chi connectivity index (χ0n) is 11.1. The molecule has 7 heteroatoms. The van der Waals surface area contributed by atoms with Gasteiger partial charge in [0.2, 0.25) is 0 Å². The van der Waals surface area contributed by atoms with Crippen molar-refractivity contribution in [3.8, 4) is 0 Å². The molecule has 1 aliphatic heterocycles. The van der Waals surface area contributed by atoms with E-state index >= 15 is 0 Å². The Hall–Kier alpha value is -1.07. The van der Waals surface area contributed by atoms with Crippen molar-refractivity contribution in [2.45, 2.75) is 12.5 Å². The predicted molar refractivity (Wildman–Crippen MR) is 90.0 cm³/mol. The van der Waals surface area contributed by atoms with Gasteiger partial charge < -0.3 is 10.6 Å². The quantitative estimate of drug-likeness (QED) is 0.877. The Morgan fingerprint density at radius 1 is 1.33 bits per heavy atom. The van der Waals surface area contributed by atoms with Crippen molar-refractivity contribution in [3.05, 3.63) is 41.0 Å². The van der Waals surface area contributed by atoms with Gasteiger partial charge in [-0.25, -0.2) is 0 Å². The summed E-state index contributed by atoms with van der Waals surface area (Å²) in [5.41, 5.74) is 1.23. The summed E-state index contributed by atoms with van der Waals surface area (Å²) < 4.78 is 0. The molecule has 0 saturated carbocycles. The van der Waals surface area contributed by atoms with Crippen molar-refractivity contribution < 1.29 is 4.79 Å². The lowest BCUT2D eigenvalue weighted by atomic mass is 10.1. The number of halogens is 3. The van der Waals surface area contributed by atoms with Crippen LogP contribution in [0, 0.1) is 0 Å². The summed E-state index contributed by atoms with van der Waals surface area (Å²) in [6.45, 7) is 1.77. The number of rotatable bonds is 2. The summed E-state index contributed by atoms with van der Waals surface area (Å²) in [5.74, 6) is -0.0888. The fourth-order valence-electron chi connectivity index (χ4n) is 2.36. The number of benzene rings is 1. The summed E-state index contributed by atoms with van der Waals surface area (Å²) in [4.78, 5) is 16.6. The molecular weight excluding hydrogens is 333 g/mol. The summed E-state index contributed by atoms with van der Waals surface area (Å²) in [7, 11) is 0. The van der Waals surface area contributed by atoms with E-state index in [1.807, 2.05) is 12.1 Å². The molecule has 1 saturated heterocycles. The number of amides is 1. The Balaban J connectivity index is 0.00000110. The van der Waals surface area contributed by atoms with Crippen LogP contribution < -0.4 is 10.6 Å². The van der Waals surface area contributed by atoms with E-state index in [0.29, 0.717) is 16.1 Å². The first-order valence-electron chi connectivity index (χ1n) is 6.30. The molecule has 1 atom stereocenters. The van der Waals surface area contributed by atoms with E-state index in [4.69, 9.17) is 11.6 Å². The zero-order chi connectivity index (χ0) is 13.2. The van der Waals surface area contributed by atoms with Crippen molar-refractivity contribution in [1.82, 2.24) is 15.6 Å². The highest BCUT2D eigenvalue weighted by atomic mass is 35.5. The minimum atomic E-state index is -0.0888. The van der Waals surface area contributed by atoms with E-state index in [0.717, 1.165) is 24.9 Å². The monoisotopic (exact) mass is 347 g/mol. The molecule has 4 nitrogen and oxygen atoms in total. The largest absolute Gasteiger partial charge is 0.348 e. The lowest BCUT2D eigenvalue weighted by Gasteiger charge is -2.12. The molecule has 1 amide bonds. The molecule has 0 spiro atoms. The molecule has 1 fully saturated rings. The van der Waals surface area contributed by atoms with Crippen molar-refractivity contribution in [2.75, 3.05) is 13.1 Å². The molecule has 0 radical (unpaired) electrons. The van der Waals surface area contributed by atoms with Gasteiger partial charge in [-0.15, -0.1) is 24.8 Å². The Bertz CT molecular complexity index is 630. The summed E-state index contributed by atoms with van der Waals surface area (Å²) in [6, 6.07) is 7.36. The number of hydrogen-bond acceptors (Lipinski definition) is 3. The molecule has 2 N–H and O–H groups in total. The Labute approximate surface area is 140 Å². The van der Waals surface area contributed by atoms with Crippen LogP contribution in [0.1, 0.15) is 16.8 Å². The lowest BCUT2D eigenvalue weighted by Crippen LogP contribution is -2.36. The molecule has 3 rings (SSSR count). The lowest BCUT2D eigenvalue weighted by molar-refractivity contribution is 0.0941. The maximum atomic E-state index is 12.3. The van der Waals surface area contributed by atoms with Gasteiger partial charge in [0.1, 0.15) is 0 Å². The third kappa shape index (κ3) is 3.77. The third-order valence-electron chi connectivity index (χ3n) is 3.36. The second-order valence-electron chi connectivity index (χ2n) is 4.66. The van der Waals surface area contributed by atoms with Gasteiger partial charge in [-0.2, -0.15) is 0 Å². The van der Waals surface area contributed by atoms with Gasteiger partial charge in [0.05, 0.1) is 16.1 Å². The first-order chi connectivity index (χ1) is 9.25. The molecule has 2 heterocycles. The van der Waals surface area contributed by atoms with Gasteiger partial charge in [-0.1, -0.05) is 11.6 Å². The molecule has 1 aromatic carbocycles. The SMILES string of the molecule is Cl.Cl.O=C(NC1CCNC1)c1ccc(Cl)c2cccnc12. The number of carbonyl (C=O) groups is 1. The molecule has 1 aliphatic rings. The second kappa shape index (κ2) is 7.80. The van der Waals surface area contributed by atoms with E-state index in [1.54, 1.807) is 18.3 Å². The van der Waals surface area contributed by atoms with Gasteiger partial charge in [0, 0.05) is 24.2 Å². The molecule has 2 aromatic rings. The standard InChI is InChI=1S/C14H14ClN3O.2ClH/c15-12-4-3-11(13-10(12)2-1-6-17-13)14(19)18-9-5-7-16-8-9;;/h1-4,6,9,16H,5,7-8H2,(H,18,19);2*1H. The van der Waals surface area contributed by atoms with Crippen molar-refractivity contribution in [1.29, 1.82) is 0 Å². The highest BCUT2D eigenvalue weighted by Crippen LogP contribution is 2.24. The van der Waals surface area contributed by atoms with Crippen LogP contribution >= 0.6 is 36.4 Å². The fraction of sp³-hybridized carbons (Fsp3) is 0.286. The molecular formula is C14H16Cl3N3O. The predicted octanol–water partition coefficient (Wildman–Crippen LogP) is 2.82. The Morgan fingerprint density at radius 2 is 2.14 bits per heavy atom. The van der Waals surface area contributed by atoms with Crippen LogP contribution in [0.4, 0.5) is 0 Å². The molecule has 0 aliphatic carbocycles. The van der Waals surface area contributed by atoms with E-state index in [9.17, 15) is 4.79 Å².